The molecule has 0 heterocycles. The first-order chi connectivity index (χ1) is 8.41. The molecule has 0 unspecified atom stereocenters. The molecule has 0 bridgehead atoms. The summed E-state index contributed by atoms with van der Waals surface area (Å²) in [6.07, 6.45) is 3.03. The standard InChI is InChI=1S/C13H24N2O3/c1-8(2)11(14)12(16)15-7-9-3-5-10(6-4-9)13(17)18/h8-11H,3-7,14H2,1-2H3,(H,15,16)(H,17,18)/t9?,10?,11-/m1/s1. The topological polar surface area (TPSA) is 96.9 Å². The van der Waals surface area contributed by atoms with Crippen molar-refractivity contribution >= 4 is 11.9 Å². The molecule has 1 fully saturated rings. The molecule has 0 aromatic rings. The van der Waals surface area contributed by atoms with E-state index in [1.54, 1.807) is 0 Å². The lowest BCUT2D eigenvalue weighted by Crippen LogP contribution is -2.70. The average molecular weight is 256 g/mol. The Hall–Kier alpha value is -1.10. The molecule has 1 aliphatic rings. The van der Waals surface area contributed by atoms with Gasteiger partial charge in [0.05, 0.1) is 0 Å². The Labute approximate surface area is 108 Å². The number of hydrogen-bond acceptors (Lipinski definition) is 3. The van der Waals surface area contributed by atoms with E-state index in [0.717, 1.165) is 12.8 Å². The lowest BCUT2D eigenvalue weighted by atomic mass is 9.82. The second-order valence-electron chi connectivity index (χ2n) is 5.63. The number of carbonyl (C=O) groups excluding carboxylic acids is 2. The van der Waals surface area contributed by atoms with Crippen molar-refractivity contribution in [1.82, 2.24) is 5.32 Å². The Morgan fingerprint density at radius 2 is 1.83 bits per heavy atom. The molecular weight excluding hydrogens is 232 g/mol. The van der Waals surface area contributed by atoms with Gasteiger partial charge in [-0.2, -0.15) is 0 Å². The van der Waals surface area contributed by atoms with Crippen molar-refractivity contribution in [3.63, 3.8) is 0 Å². The van der Waals surface area contributed by atoms with Crippen molar-refractivity contribution in [2.24, 2.45) is 17.8 Å². The third-order valence-corrected chi connectivity index (χ3v) is 3.89. The van der Waals surface area contributed by atoms with Crippen LogP contribution in [0.5, 0.6) is 0 Å². The molecule has 0 radical (unpaired) electrons. The predicted molar refractivity (Wildman–Crippen MR) is 65.0 cm³/mol. The fourth-order valence-electron chi connectivity index (χ4n) is 2.28. The molecule has 1 amide bonds. The average Bonchev–Trinajstić information content (AvgIpc) is 2.35. The predicted octanol–water partition coefficient (Wildman–Crippen LogP) is -1.07. The summed E-state index contributed by atoms with van der Waals surface area (Å²) >= 11 is 0. The molecular formula is C13H24N2O3. The van der Waals surface area contributed by atoms with Crippen LogP contribution in [0.2, 0.25) is 0 Å². The number of aliphatic carboxylic acids is 1. The normalized spacial score (nSPS) is 25.8. The van der Waals surface area contributed by atoms with Crippen LogP contribution in [0.1, 0.15) is 39.5 Å². The summed E-state index contributed by atoms with van der Waals surface area (Å²) in [7, 11) is 0. The molecule has 1 aliphatic carbocycles. The Morgan fingerprint density at radius 3 is 2.28 bits per heavy atom. The summed E-state index contributed by atoms with van der Waals surface area (Å²) in [6, 6.07) is -0.218. The molecule has 5 nitrogen and oxygen atoms in total. The van der Waals surface area contributed by atoms with Crippen molar-refractivity contribution in [2.45, 2.75) is 45.6 Å². The minimum absolute atomic E-state index is 0.00738. The van der Waals surface area contributed by atoms with Crippen LogP contribution in [0, 0.1) is 17.8 Å². The zero-order valence-electron chi connectivity index (χ0n) is 11.3. The van der Waals surface area contributed by atoms with Crippen molar-refractivity contribution in [3.05, 3.63) is 0 Å². The first-order valence-electron chi connectivity index (χ1n) is 6.73. The number of carbonyl (C=O) groups is 2. The molecule has 4 N–H and O–H groups in total. The first kappa shape index (κ1) is 15.0. The maximum Gasteiger partial charge on any atom is 0.278 e. The third-order valence-electron chi connectivity index (χ3n) is 3.89. The number of carboxylic acid groups (broad SMARTS) is 1. The largest absolute Gasteiger partial charge is 0.550 e. The van der Waals surface area contributed by atoms with Crippen LogP contribution in [0.15, 0.2) is 0 Å². The molecule has 104 valence electrons. The number of nitrogens with one attached hydrogen (secondary N) is 1. The molecule has 5 heteroatoms. The van der Waals surface area contributed by atoms with E-state index in [1.165, 1.54) is 0 Å². The Kier molecular flexibility index (Phi) is 5.59. The van der Waals surface area contributed by atoms with E-state index < -0.39 is 5.97 Å². The van der Waals surface area contributed by atoms with Gasteiger partial charge in [0.2, 0.25) is 0 Å². The summed E-state index contributed by atoms with van der Waals surface area (Å²) < 4.78 is 0. The second kappa shape index (κ2) is 6.73. The molecule has 0 spiro atoms. The number of carboxylic acids is 1. The van der Waals surface area contributed by atoms with Crippen LogP contribution in [0.3, 0.4) is 0 Å². The van der Waals surface area contributed by atoms with Crippen LogP contribution >= 0.6 is 0 Å². The highest BCUT2D eigenvalue weighted by Crippen LogP contribution is 2.27. The lowest BCUT2D eigenvalue weighted by molar-refractivity contribution is -0.414. The van der Waals surface area contributed by atoms with Gasteiger partial charge >= 0.3 is 0 Å². The summed E-state index contributed by atoms with van der Waals surface area (Å²) in [5.74, 6) is -0.613. The number of hydrogen-bond donors (Lipinski definition) is 2. The van der Waals surface area contributed by atoms with Gasteiger partial charge in [-0.25, -0.2) is 0 Å². The van der Waals surface area contributed by atoms with Crippen molar-refractivity contribution < 1.29 is 20.4 Å². The highest BCUT2D eigenvalue weighted by molar-refractivity contribution is 5.80. The molecule has 0 saturated heterocycles. The number of quaternary nitrogens is 1. The van der Waals surface area contributed by atoms with E-state index in [0.29, 0.717) is 25.3 Å². The van der Waals surface area contributed by atoms with E-state index in [-0.39, 0.29) is 23.8 Å². The van der Waals surface area contributed by atoms with Crippen molar-refractivity contribution in [3.8, 4) is 0 Å². The van der Waals surface area contributed by atoms with E-state index >= 15 is 0 Å². The summed E-state index contributed by atoms with van der Waals surface area (Å²) in [5.41, 5.74) is 3.84. The van der Waals surface area contributed by atoms with E-state index in [1.807, 2.05) is 13.8 Å². The molecule has 1 rings (SSSR count). The second-order valence-corrected chi connectivity index (χ2v) is 5.63. The highest BCUT2D eigenvalue weighted by atomic mass is 16.4. The molecule has 1 atom stereocenters. The Morgan fingerprint density at radius 1 is 1.28 bits per heavy atom. The maximum atomic E-state index is 11.7. The van der Waals surface area contributed by atoms with Gasteiger partial charge in [0, 0.05) is 18.4 Å². The van der Waals surface area contributed by atoms with Crippen LogP contribution in [-0.4, -0.2) is 24.5 Å². The van der Waals surface area contributed by atoms with Gasteiger partial charge in [-0.1, -0.05) is 13.8 Å². The third kappa shape index (κ3) is 4.29. The van der Waals surface area contributed by atoms with Gasteiger partial charge in [-0.15, -0.1) is 0 Å². The van der Waals surface area contributed by atoms with Gasteiger partial charge in [0.1, 0.15) is 0 Å². The maximum absolute atomic E-state index is 11.7. The highest BCUT2D eigenvalue weighted by Gasteiger charge is 2.25. The molecule has 0 aromatic carbocycles. The minimum atomic E-state index is -0.935. The van der Waals surface area contributed by atoms with Crippen molar-refractivity contribution in [1.29, 1.82) is 0 Å². The van der Waals surface area contributed by atoms with Crippen molar-refractivity contribution in [2.75, 3.05) is 6.54 Å². The monoisotopic (exact) mass is 256 g/mol. The fraction of sp³-hybridized carbons (Fsp3) is 0.846. The summed E-state index contributed by atoms with van der Waals surface area (Å²) in [5, 5.41) is 13.6. The van der Waals surface area contributed by atoms with Gasteiger partial charge in [0.25, 0.3) is 5.91 Å². The lowest BCUT2D eigenvalue weighted by Gasteiger charge is -2.29. The fourth-order valence-corrected chi connectivity index (χ4v) is 2.28. The van der Waals surface area contributed by atoms with Crippen LogP contribution in [0.25, 0.3) is 0 Å². The molecule has 1 saturated carbocycles. The van der Waals surface area contributed by atoms with Crippen LogP contribution < -0.4 is 16.2 Å². The van der Waals surface area contributed by atoms with Crippen LogP contribution in [-0.2, 0) is 9.59 Å². The van der Waals surface area contributed by atoms with E-state index in [4.69, 9.17) is 0 Å². The number of rotatable bonds is 5. The summed E-state index contributed by atoms with van der Waals surface area (Å²) in [4.78, 5) is 22.4. The quantitative estimate of drug-likeness (QED) is 0.655. The van der Waals surface area contributed by atoms with Gasteiger partial charge < -0.3 is 21.0 Å². The molecule has 18 heavy (non-hydrogen) atoms. The molecule has 0 aliphatic heterocycles. The van der Waals surface area contributed by atoms with Gasteiger partial charge in [-0.05, 0) is 37.5 Å². The molecule has 0 aromatic heterocycles. The minimum Gasteiger partial charge on any atom is -0.550 e. The SMILES string of the molecule is CC(C)[C@@H]([NH3+])C(=O)NCC1CCC(C(=O)[O-])CC1. The Balaban J connectivity index is 2.26. The Bertz CT molecular complexity index is 297. The zero-order valence-corrected chi connectivity index (χ0v) is 11.3. The first-order valence-corrected chi connectivity index (χ1v) is 6.73. The van der Waals surface area contributed by atoms with Crippen LogP contribution in [0.4, 0.5) is 0 Å². The van der Waals surface area contributed by atoms with Gasteiger partial charge in [0.15, 0.2) is 6.04 Å². The van der Waals surface area contributed by atoms with E-state index in [9.17, 15) is 14.7 Å². The van der Waals surface area contributed by atoms with E-state index in [2.05, 4.69) is 11.1 Å². The smallest absolute Gasteiger partial charge is 0.278 e. The van der Waals surface area contributed by atoms with Gasteiger partial charge in [-0.3, -0.25) is 4.79 Å². The zero-order chi connectivity index (χ0) is 13.7. The number of amides is 1. The summed E-state index contributed by atoms with van der Waals surface area (Å²) in [6.45, 7) is 4.59.